The zero-order valence-corrected chi connectivity index (χ0v) is 18.8. The standard InChI is InChI=1S/C22H31N3O.HI/c1-23-22(25(2)19-21-13-7-4-8-14-21)24-16-9-10-17-26-18-15-20-11-5-3-6-12-20;/h3-8,11-14H,9-10,15-19H2,1-2H3,(H,23,24);1H. The Labute approximate surface area is 181 Å². The monoisotopic (exact) mass is 481 g/mol. The van der Waals surface area contributed by atoms with Crippen molar-refractivity contribution in [1.82, 2.24) is 10.2 Å². The Morgan fingerprint density at radius 3 is 2.19 bits per heavy atom. The second kappa shape index (κ2) is 14.5. The van der Waals surface area contributed by atoms with E-state index in [1.54, 1.807) is 0 Å². The maximum Gasteiger partial charge on any atom is 0.193 e. The van der Waals surface area contributed by atoms with E-state index in [1.165, 1.54) is 11.1 Å². The molecule has 0 heterocycles. The molecule has 1 N–H and O–H groups in total. The number of hydrogen-bond acceptors (Lipinski definition) is 2. The lowest BCUT2D eigenvalue weighted by Crippen LogP contribution is -2.38. The number of nitrogens with one attached hydrogen (secondary N) is 1. The molecule has 4 nitrogen and oxygen atoms in total. The highest BCUT2D eigenvalue weighted by atomic mass is 127. The van der Waals surface area contributed by atoms with E-state index in [0.717, 1.165) is 51.5 Å². The first kappa shape index (κ1) is 23.4. The second-order valence-corrected chi connectivity index (χ2v) is 6.37. The van der Waals surface area contributed by atoms with Gasteiger partial charge in [0.2, 0.25) is 0 Å². The van der Waals surface area contributed by atoms with Crippen LogP contribution in [0.1, 0.15) is 24.0 Å². The first-order valence-electron chi connectivity index (χ1n) is 9.37. The van der Waals surface area contributed by atoms with Crippen LogP contribution in [0.4, 0.5) is 0 Å². The van der Waals surface area contributed by atoms with Crippen LogP contribution in [0.25, 0.3) is 0 Å². The van der Waals surface area contributed by atoms with Crippen molar-refractivity contribution in [2.75, 3.05) is 33.9 Å². The van der Waals surface area contributed by atoms with Gasteiger partial charge in [0, 0.05) is 33.8 Å². The summed E-state index contributed by atoms with van der Waals surface area (Å²) in [7, 11) is 3.89. The van der Waals surface area contributed by atoms with Crippen LogP contribution in [0, 0.1) is 0 Å². The number of unbranched alkanes of at least 4 members (excludes halogenated alkanes) is 1. The number of hydrogen-bond donors (Lipinski definition) is 1. The Morgan fingerprint density at radius 2 is 1.56 bits per heavy atom. The van der Waals surface area contributed by atoms with Gasteiger partial charge in [-0.25, -0.2) is 0 Å². The topological polar surface area (TPSA) is 36.9 Å². The Kier molecular flexibility index (Phi) is 12.6. The van der Waals surface area contributed by atoms with Crippen LogP contribution in [0.2, 0.25) is 0 Å². The van der Waals surface area contributed by atoms with Gasteiger partial charge in [0.15, 0.2) is 5.96 Å². The van der Waals surface area contributed by atoms with E-state index in [2.05, 4.69) is 70.8 Å². The molecule has 0 unspecified atom stereocenters. The fraction of sp³-hybridized carbons (Fsp3) is 0.409. The summed E-state index contributed by atoms with van der Waals surface area (Å²) in [6.07, 6.45) is 3.11. The Hall–Kier alpha value is -1.60. The number of nitrogens with zero attached hydrogens (tertiary/aromatic N) is 2. The van der Waals surface area contributed by atoms with E-state index in [4.69, 9.17) is 4.74 Å². The summed E-state index contributed by atoms with van der Waals surface area (Å²) in [6.45, 7) is 3.36. The smallest absolute Gasteiger partial charge is 0.193 e. The predicted molar refractivity (Wildman–Crippen MR) is 125 cm³/mol. The molecular formula is C22H32IN3O. The van der Waals surface area contributed by atoms with Gasteiger partial charge < -0.3 is 15.0 Å². The maximum atomic E-state index is 5.73. The molecule has 148 valence electrons. The van der Waals surface area contributed by atoms with Gasteiger partial charge in [-0.2, -0.15) is 0 Å². The first-order chi connectivity index (χ1) is 12.8. The van der Waals surface area contributed by atoms with Crippen LogP contribution in [0.15, 0.2) is 65.7 Å². The van der Waals surface area contributed by atoms with Crippen LogP contribution in [0.5, 0.6) is 0 Å². The van der Waals surface area contributed by atoms with E-state index in [9.17, 15) is 0 Å². The van der Waals surface area contributed by atoms with Crippen molar-refractivity contribution in [3.05, 3.63) is 71.8 Å². The molecule has 0 amide bonds. The van der Waals surface area contributed by atoms with Crippen molar-refractivity contribution >= 4 is 29.9 Å². The van der Waals surface area contributed by atoms with Gasteiger partial charge in [0.25, 0.3) is 0 Å². The summed E-state index contributed by atoms with van der Waals surface area (Å²) >= 11 is 0. The number of aliphatic imine (C=N–C) groups is 1. The van der Waals surface area contributed by atoms with E-state index in [1.807, 2.05) is 19.2 Å². The zero-order chi connectivity index (χ0) is 18.5. The highest BCUT2D eigenvalue weighted by Gasteiger charge is 2.05. The van der Waals surface area contributed by atoms with E-state index >= 15 is 0 Å². The maximum absolute atomic E-state index is 5.73. The fourth-order valence-corrected chi connectivity index (χ4v) is 2.78. The van der Waals surface area contributed by atoms with Crippen LogP contribution < -0.4 is 5.32 Å². The molecule has 0 spiro atoms. The number of ether oxygens (including phenoxy) is 1. The van der Waals surface area contributed by atoms with Gasteiger partial charge in [-0.05, 0) is 30.4 Å². The van der Waals surface area contributed by atoms with Crippen LogP contribution in [-0.2, 0) is 17.7 Å². The first-order valence-corrected chi connectivity index (χ1v) is 9.37. The Morgan fingerprint density at radius 1 is 0.926 bits per heavy atom. The minimum absolute atomic E-state index is 0. The SMILES string of the molecule is CN=C(NCCCCOCCc1ccccc1)N(C)Cc1ccccc1.I. The van der Waals surface area contributed by atoms with Crippen molar-refractivity contribution in [3.8, 4) is 0 Å². The van der Waals surface area contributed by atoms with Gasteiger partial charge in [-0.3, -0.25) is 4.99 Å². The van der Waals surface area contributed by atoms with Crippen LogP contribution >= 0.6 is 24.0 Å². The van der Waals surface area contributed by atoms with Crippen molar-refractivity contribution in [2.45, 2.75) is 25.8 Å². The van der Waals surface area contributed by atoms with Crippen LogP contribution in [-0.4, -0.2) is 44.7 Å². The molecule has 27 heavy (non-hydrogen) atoms. The minimum atomic E-state index is 0. The number of guanidine groups is 1. The summed E-state index contributed by atoms with van der Waals surface area (Å²) < 4.78 is 5.73. The van der Waals surface area contributed by atoms with Gasteiger partial charge in [-0.1, -0.05) is 60.7 Å². The normalized spacial score (nSPS) is 11.0. The fourth-order valence-electron chi connectivity index (χ4n) is 2.78. The summed E-state index contributed by atoms with van der Waals surface area (Å²) in [4.78, 5) is 6.51. The molecule has 0 saturated carbocycles. The molecule has 0 atom stereocenters. The molecule has 0 saturated heterocycles. The second-order valence-electron chi connectivity index (χ2n) is 6.37. The molecular weight excluding hydrogens is 449 g/mol. The number of rotatable bonds is 10. The predicted octanol–water partition coefficient (Wildman–Crippen LogP) is 4.35. The van der Waals surface area contributed by atoms with Gasteiger partial charge >= 0.3 is 0 Å². The van der Waals surface area contributed by atoms with Gasteiger partial charge in [0.1, 0.15) is 0 Å². The lowest BCUT2D eigenvalue weighted by Gasteiger charge is -2.22. The van der Waals surface area contributed by atoms with Crippen molar-refractivity contribution in [2.24, 2.45) is 4.99 Å². The molecule has 0 aromatic heterocycles. The van der Waals surface area contributed by atoms with E-state index in [-0.39, 0.29) is 24.0 Å². The average Bonchev–Trinajstić information content (AvgIpc) is 2.68. The van der Waals surface area contributed by atoms with Gasteiger partial charge in [-0.15, -0.1) is 24.0 Å². The number of halogens is 1. The lowest BCUT2D eigenvalue weighted by atomic mass is 10.2. The average molecular weight is 481 g/mol. The Balaban J connectivity index is 0.00000364. The third-order valence-electron chi connectivity index (χ3n) is 4.21. The summed E-state index contributed by atoms with van der Waals surface area (Å²) in [5.41, 5.74) is 2.61. The van der Waals surface area contributed by atoms with Crippen molar-refractivity contribution in [3.63, 3.8) is 0 Å². The molecule has 2 aromatic carbocycles. The molecule has 2 aromatic rings. The van der Waals surface area contributed by atoms with Crippen molar-refractivity contribution in [1.29, 1.82) is 0 Å². The molecule has 0 aliphatic carbocycles. The largest absolute Gasteiger partial charge is 0.381 e. The highest BCUT2D eigenvalue weighted by molar-refractivity contribution is 14.0. The minimum Gasteiger partial charge on any atom is -0.381 e. The number of benzene rings is 2. The summed E-state index contributed by atoms with van der Waals surface area (Å²) in [5.74, 6) is 0.929. The van der Waals surface area contributed by atoms with Crippen LogP contribution in [0.3, 0.4) is 0 Å². The Bertz CT molecular complexity index is 635. The highest BCUT2D eigenvalue weighted by Crippen LogP contribution is 2.03. The molecule has 2 rings (SSSR count). The molecule has 0 aliphatic rings. The third kappa shape index (κ3) is 9.77. The van der Waals surface area contributed by atoms with Gasteiger partial charge in [0.05, 0.1) is 6.61 Å². The molecule has 0 aliphatic heterocycles. The van der Waals surface area contributed by atoms with Crippen molar-refractivity contribution < 1.29 is 4.74 Å². The summed E-state index contributed by atoms with van der Waals surface area (Å²) in [5, 5.41) is 3.43. The molecule has 5 heteroatoms. The lowest BCUT2D eigenvalue weighted by molar-refractivity contribution is 0.133. The van der Waals surface area contributed by atoms with E-state index < -0.39 is 0 Å². The zero-order valence-electron chi connectivity index (χ0n) is 16.4. The molecule has 0 radical (unpaired) electrons. The third-order valence-corrected chi connectivity index (χ3v) is 4.21. The van der Waals surface area contributed by atoms with E-state index in [0.29, 0.717) is 0 Å². The summed E-state index contributed by atoms with van der Waals surface area (Å²) in [6, 6.07) is 20.9. The quantitative estimate of drug-likeness (QED) is 0.237. The molecule has 0 fully saturated rings. The molecule has 0 bridgehead atoms.